The number of carbonyl (C=O) groups excluding carboxylic acids is 2. The van der Waals surface area contributed by atoms with Crippen LogP contribution in [0, 0.1) is 0 Å². The molecule has 96 valence electrons. The van der Waals surface area contributed by atoms with Crippen LogP contribution in [0.1, 0.15) is 23.2 Å². The molecule has 0 heterocycles. The first-order chi connectivity index (χ1) is 8.54. The number of rotatable bonds is 4. The lowest BCUT2D eigenvalue weighted by Crippen LogP contribution is -2.37. The molecular formula is C12H12Cl2N2O2. The summed E-state index contributed by atoms with van der Waals surface area (Å²) in [5.41, 5.74) is 0.340. The number of halogens is 2. The van der Waals surface area contributed by atoms with E-state index in [-0.39, 0.29) is 24.4 Å². The van der Waals surface area contributed by atoms with Crippen molar-refractivity contribution in [2.45, 2.75) is 18.9 Å². The van der Waals surface area contributed by atoms with Crippen LogP contribution in [0.25, 0.3) is 0 Å². The fraction of sp³-hybridized carbons (Fsp3) is 0.333. The summed E-state index contributed by atoms with van der Waals surface area (Å²) in [6.45, 7) is -0.0422. The van der Waals surface area contributed by atoms with E-state index in [2.05, 4.69) is 10.6 Å². The summed E-state index contributed by atoms with van der Waals surface area (Å²) in [6.07, 6.45) is 2.03. The Kier molecular flexibility index (Phi) is 4.09. The fourth-order valence-corrected chi connectivity index (χ4v) is 1.98. The predicted molar refractivity (Wildman–Crippen MR) is 70.0 cm³/mol. The van der Waals surface area contributed by atoms with Crippen LogP contribution in [0.3, 0.4) is 0 Å². The van der Waals surface area contributed by atoms with Gasteiger partial charge in [-0.2, -0.15) is 0 Å². The van der Waals surface area contributed by atoms with Gasteiger partial charge in [0.15, 0.2) is 0 Å². The van der Waals surface area contributed by atoms with Gasteiger partial charge in [-0.25, -0.2) is 0 Å². The first-order valence-electron chi connectivity index (χ1n) is 5.58. The zero-order valence-corrected chi connectivity index (χ0v) is 11.0. The SMILES string of the molecule is O=C(CNC(=O)c1cc(Cl)cc(Cl)c1)NC1CC1. The molecule has 2 N–H and O–H groups in total. The standard InChI is InChI=1S/C12H12Cl2N2O2/c13-8-3-7(4-9(14)5-8)12(18)15-6-11(17)16-10-1-2-10/h3-5,10H,1-2,6H2,(H,15,18)(H,16,17). The molecule has 1 aliphatic carbocycles. The van der Waals surface area contributed by atoms with Gasteiger partial charge in [0.05, 0.1) is 6.54 Å². The average molecular weight is 287 g/mol. The Hall–Kier alpha value is -1.26. The molecule has 2 rings (SSSR count). The highest BCUT2D eigenvalue weighted by molar-refractivity contribution is 6.35. The molecule has 1 aromatic carbocycles. The first-order valence-corrected chi connectivity index (χ1v) is 6.34. The van der Waals surface area contributed by atoms with Crippen LogP contribution >= 0.6 is 23.2 Å². The molecule has 0 unspecified atom stereocenters. The Morgan fingerprint density at radius 1 is 1.17 bits per heavy atom. The second kappa shape index (κ2) is 5.59. The maximum absolute atomic E-state index is 11.7. The molecule has 0 saturated heterocycles. The summed E-state index contributed by atoms with van der Waals surface area (Å²) in [4.78, 5) is 23.1. The van der Waals surface area contributed by atoms with E-state index in [9.17, 15) is 9.59 Å². The van der Waals surface area contributed by atoms with Gasteiger partial charge in [-0.15, -0.1) is 0 Å². The monoisotopic (exact) mass is 286 g/mol. The van der Waals surface area contributed by atoms with Crippen molar-refractivity contribution >= 4 is 35.0 Å². The molecule has 0 aromatic heterocycles. The van der Waals surface area contributed by atoms with Crippen LogP contribution in [0.15, 0.2) is 18.2 Å². The molecule has 18 heavy (non-hydrogen) atoms. The van der Waals surface area contributed by atoms with Gasteiger partial charge in [0.25, 0.3) is 5.91 Å². The summed E-state index contributed by atoms with van der Waals surface area (Å²) in [5, 5.41) is 6.06. The number of benzene rings is 1. The first kappa shape index (κ1) is 13.2. The smallest absolute Gasteiger partial charge is 0.251 e. The van der Waals surface area contributed by atoms with Gasteiger partial charge in [0.1, 0.15) is 0 Å². The Bertz CT molecular complexity index is 467. The summed E-state index contributed by atoms with van der Waals surface area (Å²) in [6, 6.07) is 4.83. The Balaban J connectivity index is 1.88. The zero-order valence-electron chi connectivity index (χ0n) is 9.50. The molecule has 1 fully saturated rings. The van der Waals surface area contributed by atoms with E-state index in [1.807, 2.05) is 0 Å². The lowest BCUT2D eigenvalue weighted by Gasteiger charge is -2.06. The maximum atomic E-state index is 11.7. The summed E-state index contributed by atoms with van der Waals surface area (Å²) >= 11 is 11.6. The van der Waals surface area contributed by atoms with E-state index < -0.39 is 0 Å². The Morgan fingerprint density at radius 2 is 1.78 bits per heavy atom. The number of hydrogen-bond acceptors (Lipinski definition) is 2. The molecular weight excluding hydrogens is 275 g/mol. The quantitative estimate of drug-likeness (QED) is 0.890. The maximum Gasteiger partial charge on any atom is 0.251 e. The van der Waals surface area contributed by atoms with Crippen molar-refractivity contribution in [1.82, 2.24) is 10.6 Å². The molecule has 1 aromatic rings. The molecule has 2 amide bonds. The minimum atomic E-state index is -0.370. The van der Waals surface area contributed by atoms with E-state index >= 15 is 0 Å². The van der Waals surface area contributed by atoms with Gasteiger partial charge in [-0.1, -0.05) is 23.2 Å². The number of hydrogen-bond donors (Lipinski definition) is 2. The average Bonchev–Trinajstić information content (AvgIpc) is 3.08. The molecule has 4 nitrogen and oxygen atoms in total. The van der Waals surface area contributed by atoms with Crippen molar-refractivity contribution in [1.29, 1.82) is 0 Å². The van der Waals surface area contributed by atoms with Crippen LogP contribution in [0.2, 0.25) is 10.0 Å². The van der Waals surface area contributed by atoms with E-state index in [4.69, 9.17) is 23.2 Å². The molecule has 6 heteroatoms. The van der Waals surface area contributed by atoms with Gasteiger partial charge >= 0.3 is 0 Å². The van der Waals surface area contributed by atoms with Crippen molar-refractivity contribution in [3.8, 4) is 0 Å². The van der Waals surface area contributed by atoms with Crippen LogP contribution < -0.4 is 10.6 Å². The molecule has 0 aliphatic heterocycles. The molecule has 1 saturated carbocycles. The van der Waals surface area contributed by atoms with Crippen molar-refractivity contribution in [3.05, 3.63) is 33.8 Å². The predicted octanol–water partition coefficient (Wildman–Crippen LogP) is 2.00. The van der Waals surface area contributed by atoms with Crippen molar-refractivity contribution in [2.75, 3.05) is 6.54 Å². The van der Waals surface area contributed by atoms with E-state index in [1.54, 1.807) is 6.07 Å². The summed E-state index contributed by atoms with van der Waals surface area (Å²) in [5.74, 6) is -0.552. The largest absolute Gasteiger partial charge is 0.352 e. The highest BCUT2D eigenvalue weighted by atomic mass is 35.5. The topological polar surface area (TPSA) is 58.2 Å². The Labute approximate surface area is 115 Å². The van der Waals surface area contributed by atoms with Gasteiger partial charge < -0.3 is 10.6 Å². The second-order valence-electron chi connectivity index (χ2n) is 4.18. The Morgan fingerprint density at radius 3 is 2.33 bits per heavy atom. The van der Waals surface area contributed by atoms with Gasteiger partial charge in [0, 0.05) is 21.7 Å². The zero-order chi connectivity index (χ0) is 13.1. The van der Waals surface area contributed by atoms with Gasteiger partial charge in [0.2, 0.25) is 5.91 Å². The molecule has 0 radical (unpaired) electrons. The fourth-order valence-electron chi connectivity index (χ4n) is 1.45. The molecule has 0 atom stereocenters. The normalized spacial score (nSPS) is 14.1. The third kappa shape index (κ3) is 3.89. The highest BCUT2D eigenvalue weighted by Crippen LogP contribution is 2.19. The van der Waals surface area contributed by atoms with Gasteiger partial charge in [-0.3, -0.25) is 9.59 Å². The molecule has 1 aliphatic rings. The molecule has 0 bridgehead atoms. The van der Waals surface area contributed by atoms with Gasteiger partial charge in [-0.05, 0) is 31.0 Å². The minimum Gasteiger partial charge on any atom is -0.352 e. The van der Waals surface area contributed by atoms with Crippen molar-refractivity contribution in [3.63, 3.8) is 0 Å². The third-order valence-corrected chi connectivity index (χ3v) is 2.91. The second-order valence-corrected chi connectivity index (χ2v) is 5.06. The molecule has 0 spiro atoms. The van der Waals surface area contributed by atoms with Crippen molar-refractivity contribution < 1.29 is 9.59 Å². The van der Waals surface area contributed by atoms with E-state index in [1.165, 1.54) is 12.1 Å². The lowest BCUT2D eigenvalue weighted by atomic mass is 10.2. The van der Waals surface area contributed by atoms with Crippen LogP contribution in [0.5, 0.6) is 0 Å². The highest BCUT2D eigenvalue weighted by Gasteiger charge is 2.23. The van der Waals surface area contributed by atoms with Crippen LogP contribution in [0.4, 0.5) is 0 Å². The third-order valence-electron chi connectivity index (χ3n) is 2.48. The van der Waals surface area contributed by atoms with Crippen molar-refractivity contribution in [2.24, 2.45) is 0 Å². The number of carbonyl (C=O) groups is 2. The minimum absolute atomic E-state index is 0.0422. The van der Waals surface area contributed by atoms with E-state index in [0.29, 0.717) is 15.6 Å². The number of amides is 2. The number of nitrogens with one attached hydrogen (secondary N) is 2. The van der Waals surface area contributed by atoms with Crippen LogP contribution in [-0.2, 0) is 4.79 Å². The summed E-state index contributed by atoms with van der Waals surface area (Å²) in [7, 11) is 0. The van der Waals surface area contributed by atoms with Crippen LogP contribution in [-0.4, -0.2) is 24.4 Å². The lowest BCUT2D eigenvalue weighted by molar-refractivity contribution is -0.120. The van der Waals surface area contributed by atoms with E-state index in [0.717, 1.165) is 12.8 Å². The summed E-state index contributed by atoms with van der Waals surface area (Å²) < 4.78 is 0.